The van der Waals surface area contributed by atoms with Crippen LogP contribution in [-0.2, 0) is 0 Å². The molecule has 1 atom stereocenters. The number of ether oxygens (including phenoxy) is 2. The molecule has 0 saturated carbocycles. The summed E-state index contributed by atoms with van der Waals surface area (Å²) in [6.45, 7) is 4.53. The Hall–Kier alpha value is -2.69. The SMILES string of the molecule is CC1=CN=C2C(=C(N)C1)NC(Sc1cc3c(cc1-c1nccs1)OCCO3)N2CCCN. The molecular weight excluding hydrogens is 444 g/mol. The van der Waals surface area contributed by atoms with Crippen molar-refractivity contribution < 1.29 is 9.47 Å². The van der Waals surface area contributed by atoms with Crippen LogP contribution in [0.3, 0.4) is 0 Å². The highest BCUT2D eigenvalue weighted by Crippen LogP contribution is 2.44. The molecule has 1 fully saturated rings. The fourth-order valence-corrected chi connectivity index (χ4v) is 5.83. The van der Waals surface area contributed by atoms with Crippen molar-refractivity contribution in [2.75, 3.05) is 26.3 Å². The number of nitrogens with zero attached hydrogens (tertiary/aromatic N) is 3. The smallest absolute Gasteiger partial charge is 0.162 e. The molecule has 5 rings (SSSR count). The molecule has 2 aromatic rings. The van der Waals surface area contributed by atoms with E-state index in [9.17, 15) is 0 Å². The molecule has 168 valence electrons. The molecule has 0 bridgehead atoms. The van der Waals surface area contributed by atoms with Gasteiger partial charge in [-0.3, -0.25) is 0 Å². The molecular formula is C22H26N6O2S2. The molecule has 3 aliphatic heterocycles. The van der Waals surface area contributed by atoms with Crippen LogP contribution >= 0.6 is 23.1 Å². The zero-order chi connectivity index (χ0) is 22.1. The van der Waals surface area contributed by atoms with E-state index in [1.807, 2.05) is 30.8 Å². The number of rotatable bonds is 6. The second kappa shape index (κ2) is 9.05. The highest BCUT2D eigenvalue weighted by Gasteiger charge is 2.36. The summed E-state index contributed by atoms with van der Waals surface area (Å²) in [6.07, 6.45) is 5.28. The van der Waals surface area contributed by atoms with Crippen molar-refractivity contribution >= 4 is 28.9 Å². The van der Waals surface area contributed by atoms with Crippen LogP contribution in [0.1, 0.15) is 19.8 Å². The lowest BCUT2D eigenvalue weighted by Gasteiger charge is -2.26. The third-order valence-corrected chi connectivity index (χ3v) is 7.39. The summed E-state index contributed by atoms with van der Waals surface area (Å²) in [5.74, 6) is 2.39. The highest BCUT2D eigenvalue weighted by atomic mass is 32.2. The van der Waals surface area contributed by atoms with Gasteiger partial charge in [-0.25, -0.2) is 9.98 Å². The molecule has 1 unspecified atom stereocenters. The second-order valence-corrected chi connectivity index (χ2v) is 9.80. The van der Waals surface area contributed by atoms with E-state index in [0.29, 0.717) is 26.2 Å². The Bertz CT molecular complexity index is 1100. The lowest BCUT2D eigenvalue weighted by molar-refractivity contribution is 0.171. The fraction of sp³-hybridized carbons (Fsp3) is 0.364. The number of nitrogens with one attached hydrogen (secondary N) is 1. The molecule has 1 saturated heterocycles. The quantitative estimate of drug-likeness (QED) is 0.591. The van der Waals surface area contributed by atoms with Crippen LogP contribution in [0.15, 0.2) is 56.8 Å². The Morgan fingerprint density at radius 1 is 1.28 bits per heavy atom. The van der Waals surface area contributed by atoms with Crippen molar-refractivity contribution in [2.45, 2.75) is 30.2 Å². The normalized spacial score (nSPS) is 19.8. The Kier molecular flexibility index (Phi) is 5.99. The van der Waals surface area contributed by atoms with Crippen molar-refractivity contribution in [3.63, 3.8) is 0 Å². The number of thioether (sulfide) groups is 1. The van der Waals surface area contributed by atoms with Gasteiger partial charge in [-0.05, 0) is 37.6 Å². The number of aromatic nitrogens is 1. The van der Waals surface area contributed by atoms with Gasteiger partial charge in [0.05, 0.1) is 5.70 Å². The molecule has 1 aromatic carbocycles. The first kappa shape index (κ1) is 21.2. The molecule has 10 heteroatoms. The maximum absolute atomic E-state index is 6.45. The van der Waals surface area contributed by atoms with Gasteiger partial charge in [0.1, 0.15) is 18.2 Å². The Labute approximate surface area is 195 Å². The molecule has 8 nitrogen and oxygen atoms in total. The Morgan fingerprint density at radius 2 is 2.09 bits per heavy atom. The van der Waals surface area contributed by atoms with Gasteiger partial charge < -0.3 is 31.2 Å². The summed E-state index contributed by atoms with van der Waals surface area (Å²) in [6, 6.07) is 4.08. The first-order chi connectivity index (χ1) is 15.6. The van der Waals surface area contributed by atoms with Crippen LogP contribution in [0.4, 0.5) is 0 Å². The maximum Gasteiger partial charge on any atom is 0.162 e. The first-order valence-electron chi connectivity index (χ1n) is 10.6. The van der Waals surface area contributed by atoms with Crippen LogP contribution in [-0.4, -0.2) is 47.5 Å². The predicted octanol–water partition coefficient (Wildman–Crippen LogP) is 3.09. The summed E-state index contributed by atoms with van der Waals surface area (Å²) >= 11 is 3.30. The number of benzene rings is 1. The van der Waals surface area contributed by atoms with Gasteiger partial charge in [0.25, 0.3) is 0 Å². The first-order valence-corrected chi connectivity index (χ1v) is 12.4. The third kappa shape index (κ3) is 4.05. The van der Waals surface area contributed by atoms with E-state index in [1.165, 1.54) is 0 Å². The van der Waals surface area contributed by atoms with E-state index < -0.39 is 0 Å². The van der Waals surface area contributed by atoms with Gasteiger partial charge in [-0.1, -0.05) is 11.8 Å². The van der Waals surface area contributed by atoms with Crippen LogP contribution in [0, 0.1) is 0 Å². The van der Waals surface area contributed by atoms with Crippen molar-refractivity contribution in [3.8, 4) is 22.1 Å². The molecule has 32 heavy (non-hydrogen) atoms. The van der Waals surface area contributed by atoms with Crippen LogP contribution in [0.25, 0.3) is 10.6 Å². The average Bonchev–Trinajstić information content (AvgIpc) is 3.41. The Balaban J connectivity index is 1.53. The van der Waals surface area contributed by atoms with Gasteiger partial charge in [-0.2, -0.15) is 0 Å². The largest absolute Gasteiger partial charge is 0.486 e. The van der Waals surface area contributed by atoms with E-state index in [0.717, 1.165) is 62.7 Å². The Morgan fingerprint density at radius 3 is 2.84 bits per heavy atom. The monoisotopic (exact) mass is 470 g/mol. The van der Waals surface area contributed by atoms with Crippen molar-refractivity contribution in [1.82, 2.24) is 15.2 Å². The fourth-order valence-electron chi connectivity index (χ4n) is 3.89. The minimum Gasteiger partial charge on any atom is -0.486 e. The summed E-state index contributed by atoms with van der Waals surface area (Å²) in [5, 5.41) is 6.54. The van der Waals surface area contributed by atoms with Gasteiger partial charge >= 0.3 is 0 Å². The van der Waals surface area contributed by atoms with Crippen LogP contribution in [0.2, 0.25) is 0 Å². The minimum atomic E-state index is -0.0815. The number of thiazole rings is 1. The molecule has 1 aromatic heterocycles. The van der Waals surface area contributed by atoms with Crippen molar-refractivity contribution in [1.29, 1.82) is 0 Å². The number of nitrogens with two attached hydrogens (primary N) is 2. The molecule has 5 N–H and O–H groups in total. The maximum atomic E-state index is 6.45. The van der Waals surface area contributed by atoms with Crippen LogP contribution in [0.5, 0.6) is 11.5 Å². The number of hydrogen-bond acceptors (Lipinski definition) is 10. The molecule has 0 aliphatic carbocycles. The number of hydrogen-bond donors (Lipinski definition) is 3. The minimum absolute atomic E-state index is 0.0815. The summed E-state index contributed by atoms with van der Waals surface area (Å²) in [7, 11) is 0. The molecule has 0 radical (unpaired) electrons. The van der Waals surface area contributed by atoms with Crippen molar-refractivity contribution in [2.24, 2.45) is 16.5 Å². The van der Waals surface area contributed by atoms with Crippen molar-refractivity contribution in [3.05, 3.63) is 46.9 Å². The van der Waals surface area contributed by atoms with Gasteiger partial charge in [0.15, 0.2) is 22.8 Å². The van der Waals surface area contributed by atoms with Crippen LogP contribution < -0.4 is 26.3 Å². The molecule has 3 aliphatic rings. The third-order valence-electron chi connectivity index (χ3n) is 5.39. The number of allylic oxidation sites excluding steroid dienone is 1. The highest BCUT2D eigenvalue weighted by molar-refractivity contribution is 8.00. The summed E-state index contributed by atoms with van der Waals surface area (Å²) in [5.41, 5.74) is 16.1. The lowest BCUT2D eigenvalue weighted by Crippen LogP contribution is -2.36. The van der Waals surface area contributed by atoms with E-state index >= 15 is 0 Å². The standard InChI is InChI=1S/C22H26N6O2S2/c1-13-9-15(24)19-20(26-12-13)28(5-2-3-23)22(27-19)32-18-11-17-16(29-6-7-30-17)10-14(18)21-25-4-8-31-21/h4,8,10-12,22,27H,2-3,5-7,9,23-24H2,1H3. The lowest BCUT2D eigenvalue weighted by atomic mass is 10.1. The van der Waals surface area contributed by atoms with E-state index in [1.54, 1.807) is 23.1 Å². The summed E-state index contributed by atoms with van der Waals surface area (Å²) < 4.78 is 11.7. The van der Waals surface area contributed by atoms with Gasteiger partial charge in [0, 0.05) is 46.9 Å². The van der Waals surface area contributed by atoms with Gasteiger partial charge in [0.2, 0.25) is 0 Å². The zero-order valence-electron chi connectivity index (χ0n) is 17.8. The topological polar surface area (TPSA) is 111 Å². The van der Waals surface area contributed by atoms with Gasteiger partial charge in [-0.15, -0.1) is 11.3 Å². The number of fused-ring (bicyclic) bond motifs is 2. The molecule has 0 spiro atoms. The molecule has 0 amide bonds. The number of aliphatic imine (C=N–C) groups is 1. The average molecular weight is 471 g/mol. The van der Waals surface area contributed by atoms with E-state index in [2.05, 4.69) is 21.3 Å². The summed E-state index contributed by atoms with van der Waals surface area (Å²) in [4.78, 5) is 12.6. The van der Waals surface area contributed by atoms with E-state index in [-0.39, 0.29) is 5.50 Å². The molecule has 4 heterocycles. The number of amidine groups is 1. The predicted molar refractivity (Wildman–Crippen MR) is 129 cm³/mol. The zero-order valence-corrected chi connectivity index (χ0v) is 19.5. The van der Waals surface area contributed by atoms with E-state index in [4.69, 9.17) is 25.9 Å². The second-order valence-electron chi connectivity index (χ2n) is 7.78.